The monoisotopic (exact) mass is 419 g/mol. The molecule has 2 aliphatic heterocycles. The zero-order valence-electron chi connectivity index (χ0n) is 18.2. The SMILES string of the molecule is CC(C)CCN1C(=O)c2ccc(C(=O)Nc3ccccc3N3CCCCC3)cc2C1=O. The van der Waals surface area contributed by atoms with Gasteiger partial charge in [-0.1, -0.05) is 26.0 Å². The van der Waals surface area contributed by atoms with Crippen molar-refractivity contribution in [2.24, 2.45) is 5.92 Å². The van der Waals surface area contributed by atoms with Crippen LogP contribution in [0.25, 0.3) is 0 Å². The third-order valence-corrected chi connectivity index (χ3v) is 6.01. The van der Waals surface area contributed by atoms with Gasteiger partial charge in [-0.2, -0.15) is 0 Å². The molecular weight excluding hydrogens is 390 g/mol. The Morgan fingerprint density at radius 3 is 2.42 bits per heavy atom. The minimum atomic E-state index is -0.316. The first kappa shape index (κ1) is 21.1. The van der Waals surface area contributed by atoms with Gasteiger partial charge in [0.05, 0.1) is 22.5 Å². The second-order valence-corrected chi connectivity index (χ2v) is 8.72. The quantitative estimate of drug-likeness (QED) is 0.697. The molecule has 0 bridgehead atoms. The predicted octanol–water partition coefficient (Wildman–Crippen LogP) is 4.57. The zero-order chi connectivity index (χ0) is 22.0. The van der Waals surface area contributed by atoms with Gasteiger partial charge >= 0.3 is 0 Å². The van der Waals surface area contributed by atoms with Gasteiger partial charge in [0.1, 0.15) is 0 Å². The first-order valence-electron chi connectivity index (χ1n) is 11.1. The Hall–Kier alpha value is -3.15. The fourth-order valence-electron chi connectivity index (χ4n) is 4.21. The van der Waals surface area contributed by atoms with Crippen LogP contribution in [0.5, 0.6) is 0 Å². The average Bonchev–Trinajstić information content (AvgIpc) is 3.02. The van der Waals surface area contributed by atoms with E-state index >= 15 is 0 Å². The Bertz CT molecular complexity index is 1010. The maximum absolute atomic E-state index is 13.0. The van der Waals surface area contributed by atoms with Crippen LogP contribution in [0.4, 0.5) is 11.4 Å². The summed E-state index contributed by atoms with van der Waals surface area (Å²) in [5.74, 6) is -0.481. The molecular formula is C25H29N3O3. The molecule has 1 N–H and O–H groups in total. The first-order valence-corrected chi connectivity index (χ1v) is 11.1. The number of amides is 3. The first-order chi connectivity index (χ1) is 15.0. The van der Waals surface area contributed by atoms with Gasteiger partial charge in [0.15, 0.2) is 0 Å². The number of imide groups is 1. The summed E-state index contributed by atoms with van der Waals surface area (Å²) in [6.07, 6.45) is 4.29. The predicted molar refractivity (Wildman–Crippen MR) is 122 cm³/mol. The van der Waals surface area contributed by atoms with Crippen molar-refractivity contribution in [2.75, 3.05) is 29.9 Å². The molecule has 2 aromatic carbocycles. The third kappa shape index (κ3) is 4.33. The van der Waals surface area contributed by atoms with Crippen molar-refractivity contribution in [1.29, 1.82) is 0 Å². The highest BCUT2D eigenvalue weighted by Crippen LogP contribution is 2.29. The number of nitrogens with zero attached hydrogens (tertiary/aromatic N) is 2. The number of benzene rings is 2. The van der Waals surface area contributed by atoms with Gasteiger partial charge in [-0.15, -0.1) is 0 Å². The van der Waals surface area contributed by atoms with E-state index in [1.165, 1.54) is 11.3 Å². The average molecular weight is 420 g/mol. The van der Waals surface area contributed by atoms with Crippen LogP contribution < -0.4 is 10.2 Å². The Balaban J connectivity index is 1.53. The van der Waals surface area contributed by atoms with Crippen molar-refractivity contribution in [3.8, 4) is 0 Å². The van der Waals surface area contributed by atoms with Crippen molar-refractivity contribution in [3.63, 3.8) is 0 Å². The molecule has 162 valence electrons. The summed E-state index contributed by atoms with van der Waals surface area (Å²) in [5, 5.41) is 3.00. The number of carbonyl (C=O) groups is 3. The van der Waals surface area contributed by atoms with Crippen LogP contribution in [-0.4, -0.2) is 42.3 Å². The Labute approximate surface area is 183 Å². The molecule has 0 saturated carbocycles. The number of anilines is 2. The molecule has 0 radical (unpaired) electrons. The number of para-hydroxylation sites is 2. The Kier molecular flexibility index (Phi) is 6.07. The zero-order valence-corrected chi connectivity index (χ0v) is 18.2. The molecule has 3 amide bonds. The number of nitrogens with one attached hydrogen (secondary N) is 1. The fraction of sp³-hybridized carbons (Fsp3) is 0.400. The van der Waals surface area contributed by atoms with Crippen molar-refractivity contribution < 1.29 is 14.4 Å². The smallest absolute Gasteiger partial charge is 0.261 e. The molecule has 1 fully saturated rings. The Morgan fingerprint density at radius 2 is 1.68 bits per heavy atom. The fourth-order valence-corrected chi connectivity index (χ4v) is 4.21. The van der Waals surface area contributed by atoms with Crippen molar-refractivity contribution in [2.45, 2.75) is 39.5 Å². The molecule has 0 aromatic heterocycles. The minimum Gasteiger partial charge on any atom is -0.370 e. The van der Waals surface area contributed by atoms with Crippen LogP contribution in [0.15, 0.2) is 42.5 Å². The van der Waals surface area contributed by atoms with Crippen LogP contribution in [0, 0.1) is 5.92 Å². The van der Waals surface area contributed by atoms with Gasteiger partial charge in [0, 0.05) is 25.2 Å². The highest BCUT2D eigenvalue weighted by atomic mass is 16.2. The molecule has 6 heteroatoms. The van der Waals surface area contributed by atoms with Crippen LogP contribution in [0.3, 0.4) is 0 Å². The summed E-state index contributed by atoms with van der Waals surface area (Å²) >= 11 is 0. The van der Waals surface area contributed by atoms with E-state index in [-0.39, 0.29) is 17.7 Å². The van der Waals surface area contributed by atoms with E-state index in [0.717, 1.165) is 43.7 Å². The van der Waals surface area contributed by atoms with Gasteiger partial charge in [0.2, 0.25) is 0 Å². The standard InChI is InChI=1S/C25H29N3O3/c1-17(2)12-15-28-24(30)19-11-10-18(16-20(19)25(28)31)23(29)26-21-8-4-5-9-22(21)27-13-6-3-7-14-27/h4-5,8-11,16-17H,3,6-7,12-15H2,1-2H3,(H,26,29). The summed E-state index contributed by atoms with van der Waals surface area (Å²) in [6.45, 7) is 6.47. The van der Waals surface area contributed by atoms with E-state index in [1.54, 1.807) is 18.2 Å². The van der Waals surface area contributed by atoms with Crippen LogP contribution in [0.1, 0.15) is 70.6 Å². The largest absolute Gasteiger partial charge is 0.370 e. The molecule has 2 aliphatic rings. The number of rotatable bonds is 6. The van der Waals surface area contributed by atoms with Gasteiger partial charge in [-0.3, -0.25) is 19.3 Å². The lowest BCUT2D eigenvalue weighted by molar-refractivity contribution is 0.0647. The number of hydrogen-bond acceptors (Lipinski definition) is 4. The van der Waals surface area contributed by atoms with Crippen LogP contribution in [-0.2, 0) is 0 Å². The number of hydrogen-bond donors (Lipinski definition) is 1. The number of carbonyl (C=O) groups excluding carboxylic acids is 3. The lowest BCUT2D eigenvalue weighted by Gasteiger charge is -2.30. The van der Waals surface area contributed by atoms with Gasteiger partial charge in [-0.25, -0.2) is 0 Å². The number of piperidine rings is 1. The van der Waals surface area contributed by atoms with Crippen molar-refractivity contribution in [3.05, 3.63) is 59.2 Å². The second kappa shape index (κ2) is 8.92. The summed E-state index contributed by atoms with van der Waals surface area (Å²) in [5.41, 5.74) is 2.84. The van der Waals surface area contributed by atoms with Gasteiger partial charge in [0.25, 0.3) is 17.7 Å². The maximum atomic E-state index is 13.0. The van der Waals surface area contributed by atoms with E-state index in [2.05, 4.69) is 24.1 Å². The summed E-state index contributed by atoms with van der Waals surface area (Å²) in [6, 6.07) is 12.6. The molecule has 2 heterocycles. The highest BCUT2D eigenvalue weighted by Gasteiger charge is 2.35. The molecule has 0 unspecified atom stereocenters. The minimum absolute atomic E-state index is 0.275. The lowest BCUT2D eigenvalue weighted by atomic mass is 10.0. The Morgan fingerprint density at radius 1 is 0.968 bits per heavy atom. The van der Waals surface area contributed by atoms with E-state index < -0.39 is 0 Å². The molecule has 2 aromatic rings. The van der Waals surface area contributed by atoms with E-state index in [9.17, 15) is 14.4 Å². The topological polar surface area (TPSA) is 69.7 Å². The summed E-state index contributed by atoms with van der Waals surface area (Å²) < 4.78 is 0. The second-order valence-electron chi connectivity index (χ2n) is 8.72. The molecule has 0 atom stereocenters. The van der Waals surface area contributed by atoms with Gasteiger partial charge in [-0.05, 0) is 61.9 Å². The molecule has 0 spiro atoms. The summed E-state index contributed by atoms with van der Waals surface area (Å²) in [4.78, 5) is 42.0. The normalized spacial score (nSPS) is 16.1. The highest BCUT2D eigenvalue weighted by molar-refractivity contribution is 6.22. The lowest BCUT2D eigenvalue weighted by Crippen LogP contribution is -2.31. The van der Waals surface area contributed by atoms with E-state index in [1.807, 2.05) is 24.3 Å². The number of fused-ring (bicyclic) bond motifs is 1. The molecule has 1 saturated heterocycles. The van der Waals surface area contributed by atoms with E-state index in [4.69, 9.17) is 0 Å². The molecule has 4 rings (SSSR count). The molecule has 6 nitrogen and oxygen atoms in total. The van der Waals surface area contributed by atoms with E-state index in [0.29, 0.717) is 29.2 Å². The van der Waals surface area contributed by atoms with Crippen LogP contribution >= 0.6 is 0 Å². The van der Waals surface area contributed by atoms with Gasteiger partial charge < -0.3 is 10.2 Å². The van der Waals surface area contributed by atoms with Crippen LogP contribution in [0.2, 0.25) is 0 Å². The van der Waals surface area contributed by atoms with Crippen molar-refractivity contribution >= 4 is 29.1 Å². The van der Waals surface area contributed by atoms with Crippen molar-refractivity contribution in [1.82, 2.24) is 4.90 Å². The maximum Gasteiger partial charge on any atom is 0.261 e. The molecule has 0 aliphatic carbocycles. The summed E-state index contributed by atoms with van der Waals surface area (Å²) in [7, 11) is 0. The third-order valence-electron chi connectivity index (χ3n) is 6.01. The molecule has 31 heavy (non-hydrogen) atoms.